The van der Waals surface area contributed by atoms with Gasteiger partial charge in [0.25, 0.3) is 0 Å². The molecule has 3 N–H and O–H groups in total. The highest BCUT2D eigenvalue weighted by molar-refractivity contribution is 5.78. The molecular weight excluding hydrogens is 220 g/mol. The summed E-state index contributed by atoms with van der Waals surface area (Å²) in [5.74, 6) is -0.821. The highest BCUT2D eigenvalue weighted by atomic mass is 16.4. The molecule has 1 fully saturated rings. The van der Waals surface area contributed by atoms with Gasteiger partial charge in [0.2, 0.25) is 5.91 Å². The Bertz CT molecular complexity index is 275. The quantitative estimate of drug-likeness (QED) is 0.549. The molecule has 0 bridgehead atoms. The number of carbonyl (C=O) groups excluding carboxylic acids is 1. The second kappa shape index (κ2) is 6.59. The second-order valence-corrected chi connectivity index (χ2v) is 4.88. The lowest BCUT2D eigenvalue weighted by molar-refractivity contribution is -0.141. The number of aliphatic carboxylic acids is 1. The number of carbonyl (C=O) groups is 2. The third-order valence-electron chi connectivity index (χ3n) is 3.31. The number of nitrogens with one attached hydrogen (secondary N) is 2. The van der Waals surface area contributed by atoms with E-state index < -0.39 is 5.97 Å². The summed E-state index contributed by atoms with van der Waals surface area (Å²) in [6.07, 6.45) is 4.03. The van der Waals surface area contributed by atoms with E-state index in [0.29, 0.717) is 13.1 Å². The minimum Gasteiger partial charge on any atom is -0.481 e. The molecule has 1 aliphatic rings. The van der Waals surface area contributed by atoms with E-state index in [4.69, 9.17) is 5.11 Å². The minimum atomic E-state index is -0.775. The van der Waals surface area contributed by atoms with Gasteiger partial charge in [-0.25, -0.2) is 0 Å². The Hall–Kier alpha value is -1.10. The van der Waals surface area contributed by atoms with Crippen LogP contribution in [-0.2, 0) is 9.59 Å². The fourth-order valence-corrected chi connectivity index (χ4v) is 2.14. The predicted octanol–water partition coefficient (Wildman–Crippen LogP) is 0.747. The zero-order valence-electron chi connectivity index (χ0n) is 10.4. The molecule has 0 heterocycles. The molecule has 0 spiro atoms. The Kier molecular flexibility index (Phi) is 5.41. The van der Waals surface area contributed by atoms with Crippen molar-refractivity contribution < 1.29 is 14.7 Å². The first kappa shape index (κ1) is 14.0. The summed E-state index contributed by atoms with van der Waals surface area (Å²) >= 11 is 0. The summed E-state index contributed by atoms with van der Waals surface area (Å²) < 4.78 is 0. The highest BCUT2D eigenvalue weighted by Crippen LogP contribution is 2.43. The van der Waals surface area contributed by atoms with Crippen LogP contribution in [0.2, 0.25) is 0 Å². The number of carboxylic acids is 1. The van der Waals surface area contributed by atoms with Gasteiger partial charge in [0.1, 0.15) is 0 Å². The number of hydrogen-bond acceptors (Lipinski definition) is 3. The van der Waals surface area contributed by atoms with Gasteiger partial charge >= 0.3 is 5.97 Å². The third-order valence-corrected chi connectivity index (χ3v) is 3.31. The first-order valence-corrected chi connectivity index (χ1v) is 6.27. The zero-order chi connectivity index (χ0) is 12.7. The van der Waals surface area contributed by atoms with Crippen molar-refractivity contribution >= 4 is 11.9 Å². The zero-order valence-corrected chi connectivity index (χ0v) is 10.4. The van der Waals surface area contributed by atoms with E-state index >= 15 is 0 Å². The van der Waals surface area contributed by atoms with Crippen molar-refractivity contribution in [2.24, 2.45) is 5.41 Å². The molecule has 17 heavy (non-hydrogen) atoms. The van der Waals surface area contributed by atoms with Crippen molar-refractivity contribution in [3.8, 4) is 0 Å². The molecule has 0 aromatic carbocycles. The molecular formula is C12H22N2O3. The molecule has 0 atom stereocenters. The van der Waals surface area contributed by atoms with Gasteiger partial charge in [-0.15, -0.1) is 0 Å². The average Bonchev–Trinajstić information content (AvgIpc) is 2.22. The SMILES string of the molecule is CCCNCC(=O)NCC1(CC(=O)O)CCC1. The van der Waals surface area contributed by atoms with E-state index in [-0.39, 0.29) is 17.7 Å². The Morgan fingerprint density at radius 1 is 1.35 bits per heavy atom. The molecule has 1 amide bonds. The molecule has 5 nitrogen and oxygen atoms in total. The van der Waals surface area contributed by atoms with Crippen LogP contribution in [0.5, 0.6) is 0 Å². The molecule has 0 saturated heterocycles. The van der Waals surface area contributed by atoms with E-state index in [0.717, 1.165) is 32.2 Å². The largest absolute Gasteiger partial charge is 0.481 e. The Morgan fingerprint density at radius 2 is 2.06 bits per heavy atom. The molecule has 0 aliphatic heterocycles. The van der Waals surface area contributed by atoms with Crippen LogP contribution >= 0.6 is 0 Å². The molecule has 1 aliphatic carbocycles. The summed E-state index contributed by atoms with van der Waals surface area (Å²) in [5, 5.41) is 14.7. The summed E-state index contributed by atoms with van der Waals surface area (Å²) in [6.45, 7) is 3.68. The van der Waals surface area contributed by atoms with E-state index in [1.807, 2.05) is 6.92 Å². The van der Waals surface area contributed by atoms with Crippen molar-refractivity contribution in [2.75, 3.05) is 19.6 Å². The Balaban J connectivity index is 2.23. The normalized spacial score (nSPS) is 17.2. The average molecular weight is 242 g/mol. The summed E-state index contributed by atoms with van der Waals surface area (Å²) in [4.78, 5) is 22.2. The maximum absolute atomic E-state index is 11.5. The fraction of sp³-hybridized carbons (Fsp3) is 0.833. The topological polar surface area (TPSA) is 78.4 Å². The summed E-state index contributed by atoms with van der Waals surface area (Å²) in [7, 11) is 0. The molecule has 0 radical (unpaired) electrons. The van der Waals surface area contributed by atoms with E-state index in [1.54, 1.807) is 0 Å². The van der Waals surface area contributed by atoms with Crippen LogP contribution in [0.4, 0.5) is 0 Å². The number of hydrogen-bond donors (Lipinski definition) is 3. The summed E-state index contributed by atoms with van der Waals surface area (Å²) in [5.41, 5.74) is -0.188. The van der Waals surface area contributed by atoms with Crippen LogP contribution in [-0.4, -0.2) is 36.6 Å². The van der Waals surface area contributed by atoms with E-state index in [9.17, 15) is 9.59 Å². The van der Waals surface area contributed by atoms with Crippen molar-refractivity contribution in [1.29, 1.82) is 0 Å². The van der Waals surface area contributed by atoms with Gasteiger partial charge in [0, 0.05) is 6.54 Å². The number of carboxylic acid groups (broad SMARTS) is 1. The lowest BCUT2D eigenvalue weighted by atomic mass is 9.66. The molecule has 0 aromatic heterocycles. The van der Waals surface area contributed by atoms with Crippen molar-refractivity contribution in [3.63, 3.8) is 0 Å². The van der Waals surface area contributed by atoms with E-state index in [2.05, 4.69) is 10.6 Å². The van der Waals surface area contributed by atoms with Crippen LogP contribution < -0.4 is 10.6 Å². The van der Waals surface area contributed by atoms with Gasteiger partial charge in [-0.2, -0.15) is 0 Å². The second-order valence-electron chi connectivity index (χ2n) is 4.88. The predicted molar refractivity (Wildman–Crippen MR) is 64.7 cm³/mol. The van der Waals surface area contributed by atoms with Gasteiger partial charge in [-0.1, -0.05) is 13.3 Å². The molecule has 98 valence electrons. The third kappa shape index (κ3) is 4.73. The van der Waals surface area contributed by atoms with Gasteiger partial charge in [0.05, 0.1) is 13.0 Å². The molecule has 5 heteroatoms. The van der Waals surface area contributed by atoms with Crippen molar-refractivity contribution in [3.05, 3.63) is 0 Å². The molecule has 1 saturated carbocycles. The van der Waals surface area contributed by atoms with Gasteiger partial charge in [-0.05, 0) is 31.2 Å². The van der Waals surface area contributed by atoms with Crippen molar-refractivity contribution in [1.82, 2.24) is 10.6 Å². The van der Waals surface area contributed by atoms with Crippen molar-refractivity contribution in [2.45, 2.75) is 39.0 Å². The van der Waals surface area contributed by atoms with Gasteiger partial charge in [0.15, 0.2) is 0 Å². The fourth-order valence-electron chi connectivity index (χ4n) is 2.14. The van der Waals surface area contributed by atoms with Crippen LogP contribution in [0, 0.1) is 5.41 Å². The van der Waals surface area contributed by atoms with Gasteiger partial charge < -0.3 is 15.7 Å². The monoisotopic (exact) mass is 242 g/mol. The molecule has 0 aromatic rings. The van der Waals surface area contributed by atoms with Crippen LogP contribution in [0.1, 0.15) is 39.0 Å². The van der Waals surface area contributed by atoms with Crippen LogP contribution in [0.15, 0.2) is 0 Å². The maximum atomic E-state index is 11.5. The Morgan fingerprint density at radius 3 is 2.53 bits per heavy atom. The summed E-state index contributed by atoms with van der Waals surface area (Å²) in [6, 6.07) is 0. The number of rotatable bonds is 8. The van der Waals surface area contributed by atoms with Crippen LogP contribution in [0.25, 0.3) is 0 Å². The van der Waals surface area contributed by atoms with E-state index in [1.165, 1.54) is 0 Å². The molecule has 1 rings (SSSR count). The van der Waals surface area contributed by atoms with Gasteiger partial charge in [-0.3, -0.25) is 9.59 Å². The first-order chi connectivity index (χ1) is 8.08. The highest BCUT2D eigenvalue weighted by Gasteiger charge is 2.39. The lowest BCUT2D eigenvalue weighted by Gasteiger charge is -2.40. The standard InChI is InChI=1S/C12H22N2O3/c1-2-6-13-8-10(15)14-9-12(4-3-5-12)7-11(16)17/h13H,2-9H2,1H3,(H,14,15)(H,16,17). The molecule has 0 unspecified atom stereocenters. The van der Waals surface area contributed by atoms with Crippen LogP contribution in [0.3, 0.4) is 0 Å². The minimum absolute atomic E-state index is 0.0462. The number of amides is 1. The lowest BCUT2D eigenvalue weighted by Crippen LogP contribution is -2.45. The smallest absolute Gasteiger partial charge is 0.303 e. The Labute approximate surface area is 102 Å². The first-order valence-electron chi connectivity index (χ1n) is 6.27. The maximum Gasteiger partial charge on any atom is 0.303 e.